The van der Waals surface area contributed by atoms with E-state index in [4.69, 9.17) is 10.5 Å². The van der Waals surface area contributed by atoms with E-state index >= 15 is 0 Å². The van der Waals surface area contributed by atoms with E-state index in [0.29, 0.717) is 25.3 Å². The third-order valence-electron chi connectivity index (χ3n) is 4.02. The van der Waals surface area contributed by atoms with Crippen molar-refractivity contribution in [3.8, 4) is 0 Å². The van der Waals surface area contributed by atoms with Crippen LogP contribution in [0.3, 0.4) is 0 Å². The van der Waals surface area contributed by atoms with E-state index in [0.717, 1.165) is 19.3 Å². The van der Waals surface area contributed by atoms with Crippen molar-refractivity contribution in [2.24, 2.45) is 11.7 Å². The average molecular weight is 323 g/mol. The number of nitrogens with one attached hydrogen (secondary N) is 2. The molecule has 0 aliphatic heterocycles. The van der Waals surface area contributed by atoms with Crippen molar-refractivity contribution < 1.29 is 14.3 Å². The monoisotopic (exact) mass is 323 g/mol. The molecule has 128 valence electrons. The Morgan fingerprint density at radius 1 is 1.43 bits per heavy atom. The van der Waals surface area contributed by atoms with Crippen molar-refractivity contribution in [2.75, 3.05) is 25.6 Å². The fraction of sp³-hybridized carbons (Fsp3) is 0.667. The highest BCUT2D eigenvalue weighted by atomic mass is 16.5. The molecule has 1 fully saturated rings. The average Bonchev–Trinajstić information content (AvgIpc) is 3.09. The number of nitrogens with zero attached hydrogens (tertiary/aromatic N) is 2. The highest BCUT2D eigenvalue weighted by Gasteiger charge is 2.26. The van der Waals surface area contributed by atoms with Gasteiger partial charge in [-0.15, -0.1) is 0 Å². The molecule has 1 aromatic rings. The SMILES string of the molecule is COCCNC(=O)Cn1cc(NC(=O)C[C@@H]2CCC[C@H]2N)cn1. The highest BCUT2D eigenvalue weighted by Crippen LogP contribution is 2.27. The van der Waals surface area contributed by atoms with Crippen molar-refractivity contribution in [1.82, 2.24) is 15.1 Å². The maximum absolute atomic E-state index is 12.0. The summed E-state index contributed by atoms with van der Waals surface area (Å²) in [5.41, 5.74) is 6.57. The summed E-state index contributed by atoms with van der Waals surface area (Å²) in [5.74, 6) is 0.0491. The Labute approximate surface area is 135 Å². The maximum Gasteiger partial charge on any atom is 0.241 e. The topological polar surface area (TPSA) is 111 Å². The van der Waals surface area contributed by atoms with E-state index in [9.17, 15) is 9.59 Å². The van der Waals surface area contributed by atoms with Gasteiger partial charge in [0.15, 0.2) is 0 Å². The van der Waals surface area contributed by atoms with Gasteiger partial charge in [-0.2, -0.15) is 5.10 Å². The van der Waals surface area contributed by atoms with Crippen molar-refractivity contribution in [3.63, 3.8) is 0 Å². The first-order chi connectivity index (χ1) is 11.1. The summed E-state index contributed by atoms with van der Waals surface area (Å²) in [4.78, 5) is 23.7. The Morgan fingerprint density at radius 3 is 2.96 bits per heavy atom. The van der Waals surface area contributed by atoms with E-state index in [2.05, 4.69) is 15.7 Å². The van der Waals surface area contributed by atoms with Gasteiger partial charge in [0.1, 0.15) is 6.54 Å². The number of carbonyl (C=O) groups is 2. The van der Waals surface area contributed by atoms with Crippen LogP contribution >= 0.6 is 0 Å². The van der Waals surface area contributed by atoms with E-state index in [1.807, 2.05) is 0 Å². The number of ether oxygens (including phenoxy) is 1. The van der Waals surface area contributed by atoms with Crippen molar-refractivity contribution in [3.05, 3.63) is 12.4 Å². The van der Waals surface area contributed by atoms with Gasteiger partial charge in [0.2, 0.25) is 11.8 Å². The molecule has 1 aromatic heterocycles. The fourth-order valence-electron chi connectivity index (χ4n) is 2.78. The third kappa shape index (κ3) is 5.65. The van der Waals surface area contributed by atoms with Crippen LogP contribution in [-0.2, 0) is 20.9 Å². The number of aromatic nitrogens is 2. The number of carbonyl (C=O) groups excluding carboxylic acids is 2. The van der Waals surface area contributed by atoms with Gasteiger partial charge in [-0.1, -0.05) is 6.42 Å². The van der Waals surface area contributed by atoms with Crippen LogP contribution in [0.1, 0.15) is 25.7 Å². The molecule has 0 saturated heterocycles. The number of hydrogen-bond donors (Lipinski definition) is 3. The minimum absolute atomic E-state index is 0.0588. The van der Waals surface area contributed by atoms with Crippen LogP contribution < -0.4 is 16.4 Å². The summed E-state index contributed by atoms with van der Waals surface area (Å²) >= 11 is 0. The first kappa shape index (κ1) is 17.4. The molecule has 0 bridgehead atoms. The van der Waals surface area contributed by atoms with E-state index in [1.54, 1.807) is 13.3 Å². The predicted octanol–water partition coefficient (Wildman–Crippen LogP) is 0.102. The molecular weight excluding hydrogens is 298 g/mol. The second-order valence-electron chi connectivity index (χ2n) is 5.88. The number of amides is 2. The molecule has 1 aliphatic carbocycles. The van der Waals surface area contributed by atoms with E-state index in [1.165, 1.54) is 10.9 Å². The molecular formula is C15H25N5O3. The minimum Gasteiger partial charge on any atom is -0.383 e. The molecule has 23 heavy (non-hydrogen) atoms. The summed E-state index contributed by atoms with van der Waals surface area (Å²) in [6, 6.07) is 0.124. The Balaban J connectivity index is 1.75. The largest absolute Gasteiger partial charge is 0.383 e. The van der Waals surface area contributed by atoms with Crippen LogP contribution in [0.15, 0.2) is 12.4 Å². The molecule has 2 atom stereocenters. The lowest BCUT2D eigenvalue weighted by Gasteiger charge is -2.14. The van der Waals surface area contributed by atoms with Crippen LogP contribution in [0.2, 0.25) is 0 Å². The van der Waals surface area contributed by atoms with Crippen LogP contribution in [0.4, 0.5) is 5.69 Å². The lowest BCUT2D eigenvalue weighted by atomic mass is 10.00. The Kier molecular flexibility index (Phi) is 6.54. The molecule has 1 saturated carbocycles. The zero-order valence-electron chi connectivity index (χ0n) is 13.5. The van der Waals surface area contributed by atoms with Crippen LogP contribution in [0, 0.1) is 5.92 Å². The number of methoxy groups -OCH3 is 1. The number of hydrogen-bond acceptors (Lipinski definition) is 5. The molecule has 2 amide bonds. The summed E-state index contributed by atoms with van der Waals surface area (Å²) in [6.45, 7) is 1.03. The number of nitrogens with two attached hydrogens (primary N) is 1. The minimum atomic E-state index is -0.153. The molecule has 1 heterocycles. The third-order valence-corrected chi connectivity index (χ3v) is 4.02. The molecule has 0 unspecified atom stereocenters. The highest BCUT2D eigenvalue weighted by molar-refractivity contribution is 5.90. The normalized spacial score (nSPS) is 20.4. The van der Waals surface area contributed by atoms with Gasteiger partial charge in [0.05, 0.1) is 18.5 Å². The Morgan fingerprint density at radius 2 is 2.26 bits per heavy atom. The quantitative estimate of drug-likeness (QED) is 0.588. The maximum atomic E-state index is 12.0. The molecule has 2 rings (SSSR count). The summed E-state index contributed by atoms with van der Waals surface area (Å²) in [6.07, 6.45) is 6.71. The van der Waals surface area contributed by atoms with Gasteiger partial charge < -0.3 is 21.1 Å². The predicted molar refractivity (Wildman–Crippen MR) is 85.7 cm³/mol. The van der Waals surface area contributed by atoms with Crippen LogP contribution in [0.25, 0.3) is 0 Å². The molecule has 8 heteroatoms. The van der Waals surface area contributed by atoms with Gasteiger partial charge in [-0.3, -0.25) is 14.3 Å². The molecule has 1 aliphatic rings. The standard InChI is InChI=1S/C15H25N5O3/c1-23-6-5-17-15(22)10-20-9-12(8-18-20)19-14(21)7-11-3-2-4-13(11)16/h8-9,11,13H,2-7,10,16H2,1H3,(H,17,22)(H,19,21)/t11-,13+/m0/s1. The van der Waals surface area contributed by atoms with Gasteiger partial charge >= 0.3 is 0 Å². The number of anilines is 1. The summed E-state index contributed by atoms with van der Waals surface area (Å²) in [5, 5.41) is 9.58. The van der Waals surface area contributed by atoms with E-state index in [-0.39, 0.29) is 30.3 Å². The van der Waals surface area contributed by atoms with Crippen molar-refractivity contribution >= 4 is 17.5 Å². The van der Waals surface area contributed by atoms with Crippen molar-refractivity contribution in [1.29, 1.82) is 0 Å². The zero-order chi connectivity index (χ0) is 16.7. The fourth-order valence-corrected chi connectivity index (χ4v) is 2.78. The molecule has 8 nitrogen and oxygen atoms in total. The zero-order valence-corrected chi connectivity index (χ0v) is 13.5. The van der Waals surface area contributed by atoms with Crippen LogP contribution in [-0.4, -0.2) is 47.9 Å². The van der Waals surface area contributed by atoms with Gasteiger partial charge in [0.25, 0.3) is 0 Å². The first-order valence-electron chi connectivity index (χ1n) is 7.92. The van der Waals surface area contributed by atoms with Gasteiger partial charge in [-0.05, 0) is 18.8 Å². The molecule has 0 radical (unpaired) electrons. The first-order valence-corrected chi connectivity index (χ1v) is 7.92. The lowest BCUT2D eigenvalue weighted by molar-refractivity contribution is -0.122. The Hall–Kier alpha value is -1.93. The lowest BCUT2D eigenvalue weighted by Crippen LogP contribution is -2.30. The number of rotatable bonds is 8. The molecule has 4 N–H and O–H groups in total. The summed E-state index contributed by atoms with van der Waals surface area (Å²) in [7, 11) is 1.58. The van der Waals surface area contributed by atoms with Gasteiger partial charge in [0, 0.05) is 32.3 Å². The summed E-state index contributed by atoms with van der Waals surface area (Å²) < 4.78 is 6.34. The van der Waals surface area contributed by atoms with Crippen LogP contribution in [0.5, 0.6) is 0 Å². The van der Waals surface area contributed by atoms with Gasteiger partial charge in [-0.25, -0.2) is 0 Å². The second-order valence-corrected chi connectivity index (χ2v) is 5.88. The Bertz CT molecular complexity index is 531. The molecule has 0 spiro atoms. The van der Waals surface area contributed by atoms with Crippen molar-refractivity contribution in [2.45, 2.75) is 38.3 Å². The van der Waals surface area contributed by atoms with E-state index < -0.39 is 0 Å². The smallest absolute Gasteiger partial charge is 0.241 e. The molecule has 0 aromatic carbocycles. The second kappa shape index (κ2) is 8.64.